The van der Waals surface area contributed by atoms with Crippen LogP contribution in [-0.2, 0) is 0 Å². The molecule has 1 aliphatic rings. The second kappa shape index (κ2) is 13.4. The van der Waals surface area contributed by atoms with Crippen LogP contribution in [0.2, 0.25) is 0 Å². The highest BCUT2D eigenvalue weighted by molar-refractivity contribution is 5.11. The molecule has 0 atom stereocenters. The van der Waals surface area contributed by atoms with Crippen molar-refractivity contribution in [2.75, 3.05) is 13.6 Å². The SMILES string of the molecule is C=CC(=C)CN.CC.CNC1CCCC1. The monoisotopic (exact) mass is 212 g/mol. The number of nitrogens with one attached hydrogen (secondary N) is 1. The van der Waals surface area contributed by atoms with Crippen LogP contribution in [0.5, 0.6) is 0 Å². The largest absolute Gasteiger partial charge is 0.327 e. The lowest BCUT2D eigenvalue weighted by molar-refractivity contribution is 0.582. The first-order valence-corrected chi connectivity index (χ1v) is 5.92. The van der Waals surface area contributed by atoms with Gasteiger partial charge in [-0.1, -0.05) is 45.9 Å². The molecule has 0 aromatic heterocycles. The standard InChI is InChI=1S/C6H13N.C5H9N.C2H6/c1-7-6-4-2-3-5-6;1-3-5(2)4-6;1-2/h6-7H,2-5H2,1H3;3H,1-2,4,6H2;1-2H3. The number of nitrogens with two attached hydrogens (primary N) is 1. The third kappa shape index (κ3) is 11.3. The predicted octanol–water partition coefficient (Wildman–Crippen LogP) is 2.86. The van der Waals surface area contributed by atoms with Gasteiger partial charge in [0.15, 0.2) is 0 Å². The van der Waals surface area contributed by atoms with Crippen LogP contribution in [0.25, 0.3) is 0 Å². The van der Waals surface area contributed by atoms with Crippen molar-refractivity contribution in [2.45, 2.75) is 45.6 Å². The van der Waals surface area contributed by atoms with Crippen molar-refractivity contribution in [3.8, 4) is 0 Å². The molecule has 0 aromatic rings. The summed E-state index contributed by atoms with van der Waals surface area (Å²) in [4.78, 5) is 0. The molecular formula is C13H28N2. The van der Waals surface area contributed by atoms with Crippen LogP contribution in [0, 0.1) is 0 Å². The van der Waals surface area contributed by atoms with Gasteiger partial charge >= 0.3 is 0 Å². The van der Waals surface area contributed by atoms with Crippen molar-refractivity contribution in [3.05, 3.63) is 24.8 Å². The Labute approximate surface area is 95.6 Å². The Balaban J connectivity index is 0. The third-order valence-electron chi connectivity index (χ3n) is 2.31. The first-order valence-electron chi connectivity index (χ1n) is 5.92. The maximum atomic E-state index is 5.11. The van der Waals surface area contributed by atoms with Gasteiger partial charge < -0.3 is 11.1 Å². The average Bonchev–Trinajstić information content (AvgIpc) is 2.84. The van der Waals surface area contributed by atoms with E-state index in [0.29, 0.717) is 6.54 Å². The van der Waals surface area contributed by atoms with Gasteiger partial charge in [-0.25, -0.2) is 0 Å². The van der Waals surface area contributed by atoms with E-state index in [2.05, 4.69) is 25.5 Å². The molecule has 2 heteroatoms. The lowest BCUT2D eigenvalue weighted by Crippen LogP contribution is -2.20. The summed E-state index contributed by atoms with van der Waals surface area (Å²) in [6, 6.07) is 0.847. The molecule has 3 N–H and O–H groups in total. The molecule has 0 aliphatic heterocycles. The van der Waals surface area contributed by atoms with Gasteiger partial charge in [0, 0.05) is 12.6 Å². The zero-order chi connectivity index (χ0) is 12.1. The van der Waals surface area contributed by atoms with Gasteiger partial charge in [-0.05, 0) is 25.5 Å². The van der Waals surface area contributed by atoms with E-state index in [-0.39, 0.29) is 0 Å². The molecule has 1 fully saturated rings. The molecule has 1 rings (SSSR count). The quantitative estimate of drug-likeness (QED) is 0.706. The lowest BCUT2D eigenvalue weighted by Gasteiger charge is -2.03. The maximum absolute atomic E-state index is 5.11. The second-order valence-electron chi connectivity index (χ2n) is 3.34. The molecule has 0 spiro atoms. The van der Waals surface area contributed by atoms with E-state index in [1.807, 2.05) is 13.8 Å². The van der Waals surface area contributed by atoms with Crippen LogP contribution < -0.4 is 11.1 Å². The number of hydrogen-bond donors (Lipinski definition) is 2. The van der Waals surface area contributed by atoms with Crippen molar-refractivity contribution in [1.29, 1.82) is 0 Å². The third-order valence-corrected chi connectivity index (χ3v) is 2.31. The molecular weight excluding hydrogens is 184 g/mol. The first kappa shape index (κ1) is 16.8. The Morgan fingerprint density at radius 2 is 1.87 bits per heavy atom. The predicted molar refractivity (Wildman–Crippen MR) is 71.1 cm³/mol. The number of hydrogen-bond acceptors (Lipinski definition) is 2. The van der Waals surface area contributed by atoms with Crippen LogP contribution in [-0.4, -0.2) is 19.6 Å². The zero-order valence-electron chi connectivity index (χ0n) is 10.7. The van der Waals surface area contributed by atoms with E-state index in [0.717, 1.165) is 11.6 Å². The lowest BCUT2D eigenvalue weighted by atomic mass is 10.3. The smallest absolute Gasteiger partial charge is 0.0171 e. The second-order valence-corrected chi connectivity index (χ2v) is 3.34. The molecule has 90 valence electrons. The Bertz CT molecular complexity index is 147. The summed E-state index contributed by atoms with van der Waals surface area (Å²) in [5.74, 6) is 0. The van der Waals surface area contributed by atoms with Crippen molar-refractivity contribution >= 4 is 0 Å². The molecule has 0 saturated heterocycles. The van der Waals surface area contributed by atoms with Crippen molar-refractivity contribution < 1.29 is 0 Å². The molecule has 0 bridgehead atoms. The number of rotatable bonds is 3. The molecule has 1 saturated carbocycles. The Hall–Kier alpha value is -0.600. The minimum atomic E-state index is 0.517. The fraction of sp³-hybridized carbons (Fsp3) is 0.692. The van der Waals surface area contributed by atoms with Crippen molar-refractivity contribution in [3.63, 3.8) is 0 Å². The fourth-order valence-corrected chi connectivity index (χ4v) is 1.30. The first-order chi connectivity index (χ1) is 7.24. The zero-order valence-corrected chi connectivity index (χ0v) is 10.7. The summed E-state index contributed by atoms with van der Waals surface area (Å²) < 4.78 is 0. The van der Waals surface area contributed by atoms with Crippen LogP contribution >= 0.6 is 0 Å². The van der Waals surface area contributed by atoms with Crippen LogP contribution in [0.1, 0.15) is 39.5 Å². The van der Waals surface area contributed by atoms with E-state index in [1.54, 1.807) is 6.08 Å². The summed E-state index contributed by atoms with van der Waals surface area (Å²) in [6.07, 6.45) is 7.32. The van der Waals surface area contributed by atoms with E-state index in [4.69, 9.17) is 5.73 Å². The molecule has 0 heterocycles. The van der Waals surface area contributed by atoms with E-state index >= 15 is 0 Å². The van der Waals surface area contributed by atoms with Gasteiger partial charge in [0.05, 0.1) is 0 Å². The summed E-state index contributed by atoms with van der Waals surface area (Å²) in [6.45, 7) is 11.5. The summed E-state index contributed by atoms with van der Waals surface area (Å²) >= 11 is 0. The van der Waals surface area contributed by atoms with Gasteiger partial charge in [-0.15, -0.1) is 0 Å². The molecule has 0 amide bonds. The van der Waals surface area contributed by atoms with Crippen molar-refractivity contribution in [1.82, 2.24) is 5.32 Å². The molecule has 1 aliphatic carbocycles. The fourth-order valence-electron chi connectivity index (χ4n) is 1.30. The van der Waals surface area contributed by atoms with E-state index < -0.39 is 0 Å². The highest BCUT2D eigenvalue weighted by Gasteiger charge is 2.10. The van der Waals surface area contributed by atoms with Gasteiger partial charge in [-0.3, -0.25) is 0 Å². The minimum absolute atomic E-state index is 0.517. The van der Waals surface area contributed by atoms with E-state index in [1.165, 1.54) is 25.7 Å². The Kier molecular flexibility index (Phi) is 15.0. The Morgan fingerprint density at radius 1 is 1.40 bits per heavy atom. The highest BCUT2D eigenvalue weighted by atomic mass is 14.9. The average molecular weight is 212 g/mol. The van der Waals surface area contributed by atoms with Crippen LogP contribution in [0.3, 0.4) is 0 Å². The molecule has 0 radical (unpaired) electrons. The summed E-state index contributed by atoms with van der Waals surface area (Å²) in [5.41, 5.74) is 6.00. The molecule has 2 nitrogen and oxygen atoms in total. The van der Waals surface area contributed by atoms with E-state index in [9.17, 15) is 0 Å². The van der Waals surface area contributed by atoms with Gasteiger partial charge in [0.1, 0.15) is 0 Å². The normalized spacial score (nSPS) is 14.4. The minimum Gasteiger partial charge on any atom is -0.327 e. The van der Waals surface area contributed by atoms with Crippen LogP contribution in [0.15, 0.2) is 24.8 Å². The van der Waals surface area contributed by atoms with Gasteiger partial charge in [-0.2, -0.15) is 0 Å². The maximum Gasteiger partial charge on any atom is 0.0171 e. The molecule has 15 heavy (non-hydrogen) atoms. The van der Waals surface area contributed by atoms with Crippen molar-refractivity contribution in [2.24, 2.45) is 5.73 Å². The van der Waals surface area contributed by atoms with Gasteiger partial charge in [0.2, 0.25) is 0 Å². The van der Waals surface area contributed by atoms with Gasteiger partial charge in [0.25, 0.3) is 0 Å². The molecule has 0 unspecified atom stereocenters. The highest BCUT2D eigenvalue weighted by Crippen LogP contribution is 2.16. The summed E-state index contributed by atoms with van der Waals surface area (Å²) in [5, 5.41) is 3.26. The summed E-state index contributed by atoms with van der Waals surface area (Å²) in [7, 11) is 2.05. The van der Waals surface area contributed by atoms with Crippen LogP contribution in [0.4, 0.5) is 0 Å². The Morgan fingerprint density at radius 3 is 2.00 bits per heavy atom. The topological polar surface area (TPSA) is 38.0 Å². The molecule has 0 aromatic carbocycles.